The van der Waals surface area contributed by atoms with Crippen LogP contribution >= 0.6 is 0 Å². The molecule has 0 saturated heterocycles. The van der Waals surface area contributed by atoms with E-state index in [2.05, 4.69) is 0 Å². The average molecular weight is 534 g/mol. The number of ketones is 4. The maximum Gasteiger partial charge on any atom is 0.262 e. The van der Waals surface area contributed by atoms with E-state index in [4.69, 9.17) is 0 Å². The van der Waals surface area contributed by atoms with Gasteiger partial charge < -0.3 is 0 Å². The summed E-state index contributed by atoms with van der Waals surface area (Å²) < 4.78 is 0. The highest BCUT2D eigenvalue weighted by Crippen LogP contribution is 2.41. The summed E-state index contributed by atoms with van der Waals surface area (Å²) in [5, 5.41) is 0. The highest BCUT2D eigenvalue weighted by Gasteiger charge is 2.38. The van der Waals surface area contributed by atoms with Crippen molar-refractivity contribution < 1.29 is 24.0 Å². The lowest BCUT2D eigenvalue weighted by atomic mass is 9.81. The molecule has 6 nitrogen and oxygen atoms in total. The Bertz CT molecular complexity index is 1870. The molecular formula is C35H19NO5. The molecule has 41 heavy (non-hydrogen) atoms. The summed E-state index contributed by atoms with van der Waals surface area (Å²) in [6, 6.07) is 31.1. The molecule has 0 unspecified atom stereocenters. The van der Waals surface area contributed by atoms with Crippen molar-refractivity contribution in [1.82, 2.24) is 0 Å². The maximum absolute atomic E-state index is 14.3. The van der Waals surface area contributed by atoms with Gasteiger partial charge in [-0.05, 0) is 24.3 Å². The second-order valence-corrected chi connectivity index (χ2v) is 9.81. The van der Waals surface area contributed by atoms with Crippen LogP contribution in [0.5, 0.6) is 0 Å². The SMILES string of the molecule is O=C1c2ccccc2C(=O)c2c1cccc2N(C(=O)c1ccccc1)c1cccc2c1C(=O)c1ccccc1C2=O. The van der Waals surface area contributed by atoms with Gasteiger partial charge in [0.25, 0.3) is 5.91 Å². The van der Waals surface area contributed by atoms with Gasteiger partial charge in [-0.25, -0.2) is 0 Å². The lowest BCUT2D eigenvalue weighted by Crippen LogP contribution is -2.33. The van der Waals surface area contributed by atoms with Crippen LogP contribution in [-0.4, -0.2) is 29.0 Å². The predicted molar refractivity (Wildman–Crippen MR) is 152 cm³/mol. The summed E-state index contributed by atoms with van der Waals surface area (Å²) >= 11 is 0. The molecule has 0 saturated carbocycles. The van der Waals surface area contributed by atoms with E-state index in [1.165, 1.54) is 4.90 Å². The summed E-state index contributed by atoms with van der Waals surface area (Å²) in [5.74, 6) is -2.01. The standard InChI is InChI=1S/C35H19NO5/c37-31-21-12-4-6-14-23(21)33(39)29-25(31)16-8-18-27(29)36(35(41)20-10-2-1-3-11-20)28-19-9-17-26-30(28)34(40)24-15-7-5-13-22(24)32(26)38/h1-19H. The molecule has 0 N–H and O–H groups in total. The number of hydrogen-bond acceptors (Lipinski definition) is 5. The van der Waals surface area contributed by atoms with Crippen LogP contribution in [0.2, 0.25) is 0 Å². The minimum absolute atomic E-state index is 0.0630. The second kappa shape index (κ2) is 9.17. The first-order valence-corrected chi connectivity index (χ1v) is 13.0. The Morgan fingerprint density at radius 1 is 0.390 bits per heavy atom. The number of hydrogen-bond donors (Lipinski definition) is 0. The number of benzene rings is 5. The molecule has 0 spiro atoms. The molecule has 0 aliphatic heterocycles. The Labute approximate surface area is 234 Å². The molecule has 2 aliphatic rings. The van der Waals surface area contributed by atoms with E-state index in [0.29, 0.717) is 5.56 Å². The van der Waals surface area contributed by atoms with Gasteiger partial charge in [-0.2, -0.15) is 0 Å². The normalized spacial score (nSPS) is 13.2. The Morgan fingerprint density at radius 2 is 0.756 bits per heavy atom. The molecule has 0 bridgehead atoms. The van der Waals surface area contributed by atoms with Gasteiger partial charge in [0, 0.05) is 38.9 Å². The van der Waals surface area contributed by atoms with E-state index in [1.807, 2.05) is 0 Å². The number of nitrogens with zero attached hydrogens (tertiary/aromatic N) is 1. The van der Waals surface area contributed by atoms with Crippen molar-refractivity contribution in [3.63, 3.8) is 0 Å². The number of carbonyl (C=O) groups is 5. The number of amides is 1. The van der Waals surface area contributed by atoms with Crippen molar-refractivity contribution in [1.29, 1.82) is 0 Å². The van der Waals surface area contributed by atoms with E-state index in [1.54, 1.807) is 115 Å². The first kappa shape index (κ1) is 24.3. The van der Waals surface area contributed by atoms with Crippen molar-refractivity contribution in [3.8, 4) is 0 Å². The summed E-state index contributed by atoms with van der Waals surface area (Å²) in [6.45, 7) is 0. The molecule has 0 radical (unpaired) electrons. The van der Waals surface area contributed by atoms with Crippen molar-refractivity contribution in [2.45, 2.75) is 0 Å². The molecule has 0 heterocycles. The summed E-state index contributed by atoms with van der Waals surface area (Å²) in [4.78, 5) is 70.5. The summed E-state index contributed by atoms with van der Waals surface area (Å²) in [5.41, 5.74) is 2.10. The lowest BCUT2D eigenvalue weighted by molar-refractivity contribution is 0.0973. The van der Waals surface area contributed by atoms with E-state index in [0.717, 1.165) is 0 Å². The molecule has 2 aliphatic carbocycles. The Morgan fingerprint density at radius 3 is 1.20 bits per heavy atom. The van der Waals surface area contributed by atoms with Gasteiger partial charge >= 0.3 is 0 Å². The maximum atomic E-state index is 14.3. The second-order valence-electron chi connectivity index (χ2n) is 9.81. The molecule has 5 aromatic rings. The molecular weight excluding hydrogens is 514 g/mol. The number of carbonyl (C=O) groups excluding carboxylic acids is 5. The van der Waals surface area contributed by atoms with Crippen molar-refractivity contribution >= 4 is 40.4 Å². The summed E-state index contributed by atoms with van der Waals surface area (Å²) in [7, 11) is 0. The monoisotopic (exact) mass is 533 g/mol. The average Bonchev–Trinajstić information content (AvgIpc) is 3.03. The molecule has 6 heteroatoms. The lowest BCUT2D eigenvalue weighted by Gasteiger charge is -2.31. The van der Waals surface area contributed by atoms with Gasteiger partial charge in [-0.3, -0.25) is 28.9 Å². The topological polar surface area (TPSA) is 88.6 Å². The predicted octanol–water partition coefficient (Wildman–Crippen LogP) is 6.22. The fraction of sp³-hybridized carbons (Fsp3) is 0. The third-order valence-corrected chi connectivity index (χ3v) is 7.57. The number of anilines is 2. The van der Waals surface area contributed by atoms with Crippen LogP contribution < -0.4 is 4.90 Å². The molecule has 0 aromatic heterocycles. The quantitative estimate of drug-likeness (QED) is 0.269. The molecule has 0 fully saturated rings. The fourth-order valence-corrected chi connectivity index (χ4v) is 5.68. The first-order chi connectivity index (χ1) is 20.0. The van der Waals surface area contributed by atoms with E-state index in [9.17, 15) is 24.0 Å². The third kappa shape index (κ3) is 3.54. The van der Waals surface area contributed by atoms with Crippen molar-refractivity contribution in [3.05, 3.63) is 165 Å². The van der Waals surface area contributed by atoms with Gasteiger partial charge in [0.1, 0.15) is 0 Å². The van der Waals surface area contributed by atoms with Gasteiger partial charge in [0.2, 0.25) is 0 Å². The fourth-order valence-electron chi connectivity index (χ4n) is 5.68. The van der Waals surface area contributed by atoms with Crippen LogP contribution in [0.25, 0.3) is 0 Å². The minimum Gasteiger partial charge on any atom is -0.289 e. The zero-order valence-corrected chi connectivity index (χ0v) is 21.5. The van der Waals surface area contributed by atoms with Crippen molar-refractivity contribution in [2.24, 2.45) is 0 Å². The number of fused-ring (bicyclic) bond motifs is 4. The van der Waals surface area contributed by atoms with Gasteiger partial charge in [-0.15, -0.1) is 0 Å². The zero-order valence-electron chi connectivity index (χ0n) is 21.5. The van der Waals surface area contributed by atoms with Gasteiger partial charge in [0.15, 0.2) is 23.1 Å². The smallest absolute Gasteiger partial charge is 0.262 e. The van der Waals surface area contributed by atoms with Crippen LogP contribution in [0.15, 0.2) is 115 Å². The van der Waals surface area contributed by atoms with Crippen LogP contribution in [0.3, 0.4) is 0 Å². The third-order valence-electron chi connectivity index (χ3n) is 7.57. The van der Waals surface area contributed by atoms with Crippen LogP contribution in [-0.2, 0) is 0 Å². The Hall–Kier alpha value is -5.75. The molecule has 5 aromatic carbocycles. The zero-order chi connectivity index (χ0) is 28.2. The van der Waals surface area contributed by atoms with Crippen LogP contribution in [0.4, 0.5) is 11.4 Å². The van der Waals surface area contributed by atoms with E-state index in [-0.39, 0.29) is 67.4 Å². The molecule has 0 atom stereocenters. The largest absolute Gasteiger partial charge is 0.289 e. The van der Waals surface area contributed by atoms with E-state index >= 15 is 0 Å². The van der Waals surface area contributed by atoms with E-state index < -0.39 is 17.5 Å². The first-order valence-electron chi connectivity index (χ1n) is 13.0. The van der Waals surface area contributed by atoms with Crippen LogP contribution in [0.1, 0.15) is 74.0 Å². The van der Waals surface area contributed by atoms with Gasteiger partial charge in [-0.1, -0.05) is 91.0 Å². The Balaban J connectivity index is 1.52. The van der Waals surface area contributed by atoms with Crippen LogP contribution in [0, 0.1) is 0 Å². The highest BCUT2D eigenvalue weighted by atomic mass is 16.2. The highest BCUT2D eigenvalue weighted by molar-refractivity contribution is 6.33. The van der Waals surface area contributed by atoms with Gasteiger partial charge in [0.05, 0.1) is 22.5 Å². The van der Waals surface area contributed by atoms with Crippen molar-refractivity contribution in [2.75, 3.05) is 4.90 Å². The molecule has 1 amide bonds. The molecule has 194 valence electrons. The summed E-state index contributed by atoms with van der Waals surface area (Å²) in [6.07, 6.45) is 0. The Kier molecular flexibility index (Phi) is 5.44. The number of rotatable bonds is 3. The molecule has 7 rings (SSSR count). The minimum atomic E-state index is -0.523.